The van der Waals surface area contributed by atoms with Crippen LogP contribution < -0.4 is 15.4 Å². The normalized spacial score (nSPS) is 12.4. The Bertz CT molecular complexity index is 748. The number of benzene rings is 1. The SMILES string of the molecule is CCNC(=NCC(c1cccc(OC)c1)N(C)C)NCCn1cnnc1CC.I. The van der Waals surface area contributed by atoms with Gasteiger partial charge in [-0.1, -0.05) is 19.1 Å². The highest BCUT2D eigenvalue weighted by Gasteiger charge is 2.15. The van der Waals surface area contributed by atoms with Crippen LogP contribution in [0.2, 0.25) is 0 Å². The van der Waals surface area contributed by atoms with Gasteiger partial charge < -0.3 is 24.8 Å². The van der Waals surface area contributed by atoms with Crippen LogP contribution in [0, 0.1) is 0 Å². The van der Waals surface area contributed by atoms with Crippen LogP contribution in [0.3, 0.4) is 0 Å². The van der Waals surface area contributed by atoms with Gasteiger partial charge in [0.25, 0.3) is 0 Å². The fourth-order valence-corrected chi connectivity index (χ4v) is 2.97. The van der Waals surface area contributed by atoms with Crippen molar-refractivity contribution < 1.29 is 4.74 Å². The molecule has 0 saturated heterocycles. The number of likely N-dealkylation sites (N-methyl/N-ethyl adjacent to an activating group) is 1. The molecule has 1 atom stereocenters. The molecule has 0 amide bonds. The standard InChI is InChI=1S/C20H33N7O.HI/c1-6-19-25-24-15-27(19)12-11-22-20(21-7-2)23-14-18(26(3)4)16-9-8-10-17(13-16)28-5;/h8-10,13,15,18H,6-7,11-12,14H2,1-5H3,(H2,21,22,23);1H. The van der Waals surface area contributed by atoms with Crippen LogP contribution in [0.1, 0.15) is 31.3 Å². The Labute approximate surface area is 191 Å². The van der Waals surface area contributed by atoms with Gasteiger partial charge in [0.1, 0.15) is 17.9 Å². The van der Waals surface area contributed by atoms with Gasteiger partial charge in [-0.2, -0.15) is 0 Å². The first kappa shape index (κ1) is 25.2. The number of aryl methyl sites for hydroxylation is 1. The maximum atomic E-state index is 5.36. The first-order valence-corrected chi connectivity index (χ1v) is 9.78. The van der Waals surface area contributed by atoms with Crippen molar-refractivity contribution in [2.45, 2.75) is 32.9 Å². The van der Waals surface area contributed by atoms with Crippen molar-refractivity contribution in [3.63, 3.8) is 0 Å². The molecule has 1 aromatic carbocycles. The van der Waals surface area contributed by atoms with Gasteiger partial charge in [-0.15, -0.1) is 34.2 Å². The van der Waals surface area contributed by atoms with E-state index >= 15 is 0 Å². The molecule has 9 heteroatoms. The van der Waals surface area contributed by atoms with Crippen LogP contribution in [0.4, 0.5) is 0 Å². The average molecular weight is 515 g/mol. The lowest BCUT2D eigenvalue weighted by Gasteiger charge is -2.24. The first-order valence-electron chi connectivity index (χ1n) is 9.78. The number of aliphatic imine (C=N–C) groups is 1. The summed E-state index contributed by atoms with van der Waals surface area (Å²) in [5.74, 6) is 2.66. The highest BCUT2D eigenvalue weighted by Crippen LogP contribution is 2.22. The average Bonchev–Trinajstić information content (AvgIpc) is 3.15. The second-order valence-corrected chi connectivity index (χ2v) is 6.70. The number of rotatable bonds is 10. The summed E-state index contributed by atoms with van der Waals surface area (Å²) >= 11 is 0. The second kappa shape index (κ2) is 13.4. The summed E-state index contributed by atoms with van der Waals surface area (Å²) in [5, 5.41) is 14.8. The number of halogens is 1. The molecule has 29 heavy (non-hydrogen) atoms. The summed E-state index contributed by atoms with van der Waals surface area (Å²) in [6, 6.07) is 8.32. The van der Waals surface area contributed by atoms with E-state index in [1.54, 1.807) is 13.4 Å². The van der Waals surface area contributed by atoms with E-state index < -0.39 is 0 Å². The van der Waals surface area contributed by atoms with E-state index in [4.69, 9.17) is 9.73 Å². The molecule has 0 spiro atoms. The van der Waals surface area contributed by atoms with E-state index in [-0.39, 0.29) is 30.0 Å². The molecule has 0 aliphatic carbocycles. The fraction of sp³-hybridized carbons (Fsp3) is 0.550. The van der Waals surface area contributed by atoms with E-state index in [2.05, 4.69) is 70.4 Å². The van der Waals surface area contributed by atoms with Gasteiger partial charge in [-0.25, -0.2) is 0 Å². The maximum absolute atomic E-state index is 5.36. The minimum absolute atomic E-state index is 0. The highest BCUT2D eigenvalue weighted by molar-refractivity contribution is 14.0. The Hall–Kier alpha value is -1.88. The lowest BCUT2D eigenvalue weighted by molar-refractivity contribution is 0.305. The molecule has 2 rings (SSSR count). The number of hydrogen-bond donors (Lipinski definition) is 2. The molecular weight excluding hydrogens is 481 g/mol. The third-order valence-corrected chi connectivity index (χ3v) is 4.53. The largest absolute Gasteiger partial charge is 0.497 e. The lowest BCUT2D eigenvalue weighted by atomic mass is 10.1. The van der Waals surface area contributed by atoms with Gasteiger partial charge in [-0.3, -0.25) is 4.99 Å². The zero-order valence-electron chi connectivity index (χ0n) is 18.1. The van der Waals surface area contributed by atoms with E-state index in [0.29, 0.717) is 6.54 Å². The smallest absolute Gasteiger partial charge is 0.191 e. The number of guanidine groups is 1. The molecule has 0 bridgehead atoms. The topological polar surface area (TPSA) is 79.6 Å². The fourth-order valence-electron chi connectivity index (χ4n) is 2.97. The van der Waals surface area contributed by atoms with Crippen molar-refractivity contribution in [2.75, 3.05) is 40.8 Å². The number of nitrogens with one attached hydrogen (secondary N) is 2. The Morgan fingerprint density at radius 1 is 1.28 bits per heavy atom. The third kappa shape index (κ3) is 7.81. The number of hydrogen-bond acceptors (Lipinski definition) is 5. The summed E-state index contributed by atoms with van der Waals surface area (Å²) in [5.41, 5.74) is 1.18. The highest BCUT2D eigenvalue weighted by atomic mass is 127. The van der Waals surface area contributed by atoms with Crippen molar-refractivity contribution in [3.05, 3.63) is 42.0 Å². The van der Waals surface area contributed by atoms with Crippen molar-refractivity contribution in [1.82, 2.24) is 30.3 Å². The molecule has 0 aliphatic rings. The molecule has 8 nitrogen and oxygen atoms in total. The van der Waals surface area contributed by atoms with Crippen LogP contribution in [-0.2, 0) is 13.0 Å². The van der Waals surface area contributed by atoms with E-state index in [1.807, 2.05) is 12.1 Å². The monoisotopic (exact) mass is 515 g/mol. The first-order chi connectivity index (χ1) is 13.6. The number of methoxy groups -OCH3 is 1. The molecule has 0 saturated carbocycles. The van der Waals surface area contributed by atoms with E-state index in [9.17, 15) is 0 Å². The maximum Gasteiger partial charge on any atom is 0.191 e. The Kier molecular flexibility index (Phi) is 11.6. The quantitative estimate of drug-likeness (QED) is 0.287. The number of nitrogens with zero attached hydrogens (tertiary/aromatic N) is 5. The van der Waals surface area contributed by atoms with Gasteiger partial charge in [0.15, 0.2) is 5.96 Å². The molecule has 1 heterocycles. The van der Waals surface area contributed by atoms with Gasteiger partial charge >= 0.3 is 0 Å². The van der Waals surface area contributed by atoms with Crippen LogP contribution in [0.5, 0.6) is 5.75 Å². The summed E-state index contributed by atoms with van der Waals surface area (Å²) in [6.45, 7) is 7.15. The molecule has 1 aromatic heterocycles. The predicted molar refractivity (Wildman–Crippen MR) is 128 cm³/mol. The minimum atomic E-state index is 0. The Morgan fingerprint density at radius 3 is 2.72 bits per heavy atom. The summed E-state index contributed by atoms with van der Waals surface area (Å²) in [6.07, 6.45) is 2.65. The molecule has 0 radical (unpaired) electrons. The van der Waals surface area contributed by atoms with E-state index in [1.165, 1.54) is 5.56 Å². The zero-order chi connectivity index (χ0) is 20.4. The predicted octanol–water partition coefficient (Wildman–Crippen LogP) is 2.33. The van der Waals surface area contributed by atoms with Gasteiger partial charge in [0.2, 0.25) is 0 Å². The molecule has 1 unspecified atom stereocenters. The zero-order valence-corrected chi connectivity index (χ0v) is 20.4. The van der Waals surface area contributed by atoms with Crippen LogP contribution >= 0.6 is 24.0 Å². The number of ether oxygens (including phenoxy) is 1. The van der Waals surface area contributed by atoms with Gasteiger partial charge in [-0.05, 0) is 38.7 Å². The van der Waals surface area contributed by atoms with Gasteiger partial charge in [0.05, 0.1) is 19.7 Å². The summed E-state index contributed by atoms with van der Waals surface area (Å²) in [7, 11) is 5.82. The van der Waals surface area contributed by atoms with Crippen molar-refractivity contribution in [3.8, 4) is 5.75 Å². The van der Waals surface area contributed by atoms with Crippen LogP contribution in [-0.4, -0.2) is 66.5 Å². The lowest BCUT2D eigenvalue weighted by Crippen LogP contribution is -2.39. The summed E-state index contributed by atoms with van der Waals surface area (Å²) in [4.78, 5) is 6.97. The van der Waals surface area contributed by atoms with Crippen molar-refractivity contribution in [2.24, 2.45) is 4.99 Å². The molecule has 2 N–H and O–H groups in total. The third-order valence-electron chi connectivity index (χ3n) is 4.53. The molecule has 162 valence electrons. The van der Waals surface area contributed by atoms with Crippen molar-refractivity contribution in [1.29, 1.82) is 0 Å². The molecular formula is C20H34IN7O. The minimum Gasteiger partial charge on any atom is -0.497 e. The number of aromatic nitrogens is 3. The molecule has 0 fully saturated rings. The Morgan fingerprint density at radius 2 is 2.07 bits per heavy atom. The molecule has 0 aliphatic heterocycles. The molecule has 2 aromatic rings. The van der Waals surface area contributed by atoms with E-state index in [0.717, 1.165) is 43.6 Å². The summed E-state index contributed by atoms with van der Waals surface area (Å²) < 4.78 is 7.43. The van der Waals surface area contributed by atoms with Crippen LogP contribution in [0.15, 0.2) is 35.6 Å². The Balaban J connectivity index is 0.00000420. The van der Waals surface area contributed by atoms with Crippen LogP contribution in [0.25, 0.3) is 0 Å². The second-order valence-electron chi connectivity index (χ2n) is 6.70. The van der Waals surface area contributed by atoms with Gasteiger partial charge in [0, 0.05) is 26.1 Å². The van der Waals surface area contributed by atoms with Crippen molar-refractivity contribution >= 4 is 29.9 Å².